The molecule has 2 heterocycles. The number of ether oxygens (including phenoxy) is 1. The number of nitrogens with zero attached hydrogens (tertiary/aromatic N) is 5. The minimum atomic E-state index is -0.547. The number of aromatic nitrogens is 5. The van der Waals surface area contributed by atoms with Gasteiger partial charge in [0.2, 0.25) is 0 Å². The summed E-state index contributed by atoms with van der Waals surface area (Å²) in [4.78, 5) is 12.0. The Kier molecular flexibility index (Phi) is 3.61. The average molecular weight is 277 g/mol. The normalized spacial score (nSPS) is 11.7. The van der Waals surface area contributed by atoms with E-state index in [1.807, 2.05) is 40.1 Å². The van der Waals surface area contributed by atoms with Crippen LogP contribution in [0.4, 0.5) is 0 Å². The summed E-state index contributed by atoms with van der Waals surface area (Å²) in [6.45, 7) is 7.72. The topological polar surface area (TPSA) is 74.8 Å². The van der Waals surface area contributed by atoms with E-state index in [9.17, 15) is 4.79 Å². The SMILES string of the molecule is Cc1c(C(=O)OC(C)(C)C)nnn1Cc1ccn(C)n1. The molecule has 0 aromatic carbocycles. The fourth-order valence-electron chi connectivity index (χ4n) is 1.73. The quantitative estimate of drug-likeness (QED) is 0.791. The van der Waals surface area contributed by atoms with Crippen LogP contribution < -0.4 is 0 Å². The van der Waals surface area contributed by atoms with Crippen LogP contribution in [0.2, 0.25) is 0 Å². The first-order valence-corrected chi connectivity index (χ1v) is 6.38. The van der Waals surface area contributed by atoms with Gasteiger partial charge in [-0.05, 0) is 33.8 Å². The predicted molar refractivity (Wildman–Crippen MR) is 72.2 cm³/mol. The highest BCUT2D eigenvalue weighted by Gasteiger charge is 2.23. The lowest BCUT2D eigenvalue weighted by Crippen LogP contribution is -2.24. The summed E-state index contributed by atoms with van der Waals surface area (Å²) in [5, 5.41) is 12.2. The molecule has 0 aliphatic rings. The lowest BCUT2D eigenvalue weighted by Gasteiger charge is -2.18. The number of rotatable bonds is 3. The fourth-order valence-corrected chi connectivity index (χ4v) is 1.73. The van der Waals surface area contributed by atoms with E-state index in [1.165, 1.54) is 0 Å². The van der Waals surface area contributed by atoms with Crippen molar-refractivity contribution in [1.29, 1.82) is 0 Å². The average Bonchev–Trinajstić information content (AvgIpc) is 2.85. The van der Waals surface area contributed by atoms with Crippen molar-refractivity contribution in [2.75, 3.05) is 0 Å². The van der Waals surface area contributed by atoms with E-state index in [1.54, 1.807) is 16.3 Å². The third-order valence-electron chi connectivity index (χ3n) is 2.66. The Morgan fingerprint density at radius 2 is 2.10 bits per heavy atom. The highest BCUT2D eigenvalue weighted by atomic mass is 16.6. The smallest absolute Gasteiger partial charge is 0.361 e. The number of hydrogen-bond donors (Lipinski definition) is 0. The first-order chi connectivity index (χ1) is 9.26. The van der Waals surface area contributed by atoms with Crippen molar-refractivity contribution in [3.8, 4) is 0 Å². The zero-order valence-corrected chi connectivity index (χ0v) is 12.4. The van der Waals surface area contributed by atoms with Crippen LogP contribution in [-0.2, 0) is 18.3 Å². The summed E-state index contributed by atoms with van der Waals surface area (Å²) in [5.41, 5.74) is 1.23. The lowest BCUT2D eigenvalue weighted by atomic mass is 10.2. The second kappa shape index (κ2) is 5.07. The Labute approximate surface area is 117 Å². The number of esters is 1. The van der Waals surface area contributed by atoms with E-state index in [0.717, 1.165) is 5.69 Å². The maximum Gasteiger partial charge on any atom is 0.361 e. The molecule has 0 aliphatic carbocycles. The van der Waals surface area contributed by atoms with Gasteiger partial charge in [-0.1, -0.05) is 5.21 Å². The molecule has 0 saturated carbocycles. The highest BCUT2D eigenvalue weighted by Crippen LogP contribution is 2.13. The molecule has 0 fully saturated rings. The van der Waals surface area contributed by atoms with Gasteiger partial charge in [-0.25, -0.2) is 9.48 Å². The van der Waals surface area contributed by atoms with E-state index in [0.29, 0.717) is 12.2 Å². The summed E-state index contributed by atoms with van der Waals surface area (Å²) in [7, 11) is 1.85. The predicted octanol–water partition coefficient (Wildman–Crippen LogP) is 1.32. The van der Waals surface area contributed by atoms with Gasteiger partial charge >= 0.3 is 5.97 Å². The third-order valence-corrected chi connectivity index (χ3v) is 2.66. The van der Waals surface area contributed by atoms with Gasteiger partial charge in [0, 0.05) is 13.2 Å². The molecule has 7 heteroatoms. The van der Waals surface area contributed by atoms with Crippen molar-refractivity contribution in [3.63, 3.8) is 0 Å². The van der Waals surface area contributed by atoms with Crippen LogP contribution >= 0.6 is 0 Å². The van der Waals surface area contributed by atoms with Crippen molar-refractivity contribution >= 4 is 5.97 Å². The maximum atomic E-state index is 12.0. The number of carbonyl (C=O) groups excluding carboxylic acids is 1. The molecular formula is C13H19N5O2. The summed E-state index contributed by atoms with van der Waals surface area (Å²) in [5.74, 6) is -0.456. The van der Waals surface area contributed by atoms with Crippen molar-refractivity contribution < 1.29 is 9.53 Å². The largest absolute Gasteiger partial charge is 0.455 e. The van der Waals surface area contributed by atoms with Crippen LogP contribution in [0.3, 0.4) is 0 Å². The van der Waals surface area contributed by atoms with Gasteiger partial charge in [0.25, 0.3) is 0 Å². The van der Waals surface area contributed by atoms with E-state index in [4.69, 9.17) is 4.74 Å². The Morgan fingerprint density at radius 1 is 1.40 bits per heavy atom. The third kappa shape index (κ3) is 3.23. The van der Waals surface area contributed by atoms with E-state index < -0.39 is 11.6 Å². The lowest BCUT2D eigenvalue weighted by molar-refractivity contribution is 0.00619. The second-order valence-corrected chi connectivity index (χ2v) is 5.66. The number of carbonyl (C=O) groups is 1. The minimum Gasteiger partial charge on any atom is -0.455 e. The molecule has 108 valence electrons. The Morgan fingerprint density at radius 3 is 2.65 bits per heavy atom. The molecule has 0 spiro atoms. The molecule has 2 aromatic rings. The molecule has 0 unspecified atom stereocenters. The van der Waals surface area contributed by atoms with Gasteiger partial charge in [-0.3, -0.25) is 4.68 Å². The van der Waals surface area contributed by atoms with Gasteiger partial charge in [0.1, 0.15) is 5.60 Å². The number of aryl methyl sites for hydroxylation is 1. The van der Waals surface area contributed by atoms with Gasteiger partial charge < -0.3 is 4.74 Å². The number of hydrogen-bond acceptors (Lipinski definition) is 5. The fraction of sp³-hybridized carbons (Fsp3) is 0.538. The molecule has 7 nitrogen and oxygen atoms in total. The monoisotopic (exact) mass is 277 g/mol. The van der Waals surface area contributed by atoms with Crippen molar-refractivity contribution in [2.24, 2.45) is 7.05 Å². The molecule has 0 N–H and O–H groups in total. The van der Waals surface area contributed by atoms with Crippen LogP contribution in [0.15, 0.2) is 12.3 Å². The van der Waals surface area contributed by atoms with Crippen LogP contribution in [0.25, 0.3) is 0 Å². The van der Waals surface area contributed by atoms with Crippen molar-refractivity contribution in [3.05, 3.63) is 29.3 Å². The molecule has 0 atom stereocenters. The molecule has 0 bridgehead atoms. The van der Waals surface area contributed by atoms with Crippen LogP contribution in [0.5, 0.6) is 0 Å². The molecule has 0 amide bonds. The molecule has 2 rings (SSSR count). The maximum absolute atomic E-state index is 12.0. The summed E-state index contributed by atoms with van der Waals surface area (Å²) in [6.07, 6.45) is 1.86. The van der Waals surface area contributed by atoms with Crippen molar-refractivity contribution in [2.45, 2.75) is 39.8 Å². The van der Waals surface area contributed by atoms with Crippen LogP contribution in [-0.4, -0.2) is 36.3 Å². The summed E-state index contributed by atoms with van der Waals surface area (Å²) in [6, 6.07) is 1.90. The molecule has 0 radical (unpaired) electrons. The van der Waals surface area contributed by atoms with Gasteiger partial charge in [-0.2, -0.15) is 5.10 Å². The Bertz CT molecular complexity index is 621. The Balaban J connectivity index is 2.16. The van der Waals surface area contributed by atoms with Crippen LogP contribution in [0.1, 0.15) is 42.6 Å². The van der Waals surface area contributed by atoms with Gasteiger partial charge in [0.15, 0.2) is 5.69 Å². The van der Waals surface area contributed by atoms with Gasteiger partial charge in [0.05, 0.1) is 17.9 Å². The Hall–Kier alpha value is -2.18. The van der Waals surface area contributed by atoms with E-state index >= 15 is 0 Å². The first-order valence-electron chi connectivity index (χ1n) is 6.38. The first kappa shape index (κ1) is 14.2. The zero-order valence-electron chi connectivity index (χ0n) is 12.4. The zero-order chi connectivity index (χ0) is 14.9. The molecule has 20 heavy (non-hydrogen) atoms. The summed E-state index contributed by atoms with van der Waals surface area (Å²) < 4.78 is 8.66. The standard InChI is InChI=1S/C13H19N5O2/c1-9-11(12(19)20-13(2,3)4)14-16-18(9)8-10-6-7-17(5)15-10/h6-7H,8H2,1-5H3. The molecule has 0 saturated heterocycles. The molecule has 2 aromatic heterocycles. The van der Waals surface area contributed by atoms with Gasteiger partial charge in [-0.15, -0.1) is 5.10 Å². The van der Waals surface area contributed by atoms with E-state index in [-0.39, 0.29) is 5.69 Å². The van der Waals surface area contributed by atoms with E-state index in [2.05, 4.69) is 15.4 Å². The molecular weight excluding hydrogens is 258 g/mol. The minimum absolute atomic E-state index is 0.246. The van der Waals surface area contributed by atoms with Crippen LogP contribution in [0, 0.1) is 6.92 Å². The highest BCUT2D eigenvalue weighted by molar-refractivity contribution is 5.88. The molecule has 0 aliphatic heterocycles. The second-order valence-electron chi connectivity index (χ2n) is 5.66. The summed E-state index contributed by atoms with van der Waals surface area (Å²) >= 11 is 0. The van der Waals surface area contributed by atoms with Crippen molar-refractivity contribution in [1.82, 2.24) is 24.8 Å².